The van der Waals surface area contributed by atoms with E-state index in [2.05, 4.69) is 10.6 Å². The Morgan fingerprint density at radius 2 is 0.941 bits per heavy atom. The Bertz CT molecular complexity index is 581. The van der Waals surface area contributed by atoms with Crippen molar-refractivity contribution in [2.75, 3.05) is 13.1 Å². The fraction of sp³-hybridized carbons (Fsp3) is 0.846. The third-order valence-corrected chi connectivity index (χ3v) is 6.04. The summed E-state index contributed by atoms with van der Waals surface area (Å²) in [5.74, 6) is 1.43. The normalized spacial score (nSPS) is 25.1. The van der Waals surface area contributed by atoms with Gasteiger partial charge < -0.3 is 29.7 Å². The van der Waals surface area contributed by atoms with Crippen molar-refractivity contribution in [3.05, 3.63) is 0 Å². The van der Waals surface area contributed by atoms with Crippen LogP contribution < -0.4 is 10.6 Å². The molecule has 8 heteroatoms. The molecule has 0 unspecified atom stereocenters. The van der Waals surface area contributed by atoms with Gasteiger partial charge >= 0.3 is 12.2 Å². The number of hydrogen-bond acceptors (Lipinski definition) is 6. The highest BCUT2D eigenvalue weighted by Gasteiger charge is 2.23. The molecule has 2 aliphatic carbocycles. The molecule has 196 valence electrons. The van der Waals surface area contributed by atoms with E-state index in [9.17, 15) is 19.2 Å². The minimum atomic E-state index is -0.445. The van der Waals surface area contributed by atoms with Gasteiger partial charge in [0.2, 0.25) is 0 Å². The first-order chi connectivity index (χ1) is 15.8. The molecule has 0 spiro atoms. The van der Waals surface area contributed by atoms with E-state index in [4.69, 9.17) is 9.47 Å². The highest BCUT2D eigenvalue weighted by Crippen LogP contribution is 2.27. The van der Waals surface area contributed by atoms with Gasteiger partial charge in [-0.25, -0.2) is 9.59 Å². The molecule has 0 aromatic heterocycles. The van der Waals surface area contributed by atoms with Gasteiger partial charge in [0.05, 0.1) is 0 Å². The molecule has 8 nitrogen and oxygen atoms in total. The van der Waals surface area contributed by atoms with E-state index >= 15 is 0 Å². The van der Waals surface area contributed by atoms with E-state index in [0.717, 1.165) is 63.9 Å². The van der Waals surface area contributed by atoms with Gasteiger partial charge in [0.15, 0.2) is 0 Å². The third-order valence-electron chi connectivity index (χ3n) is 6.04. The van der Waals surface area contributed by atoms with Crippen molar-refractivity contribution in [3.8, 4) is 0 Å². The van der Waals surface area contributed by atoms with Gasteiger partial charge in [0, 0.05) is 24.9 Å². The highest BCUT2D eigenvalue weighted by molar-refractivity contribution is 5.68. The molecule has 0 radical (unpaired) electrons. The molecule has 2 saturated carbocycles. The second-order valence-corrected chi connectivity index (χ2v) is 11.6. The van der Waals surface area contributed by atoms with Crippen molar-refractivity contribution in [1.82, 2.24) is 10.6 Å². The molecular formula is C26H46N2O6. The quantitative estimate of drug-likeness (QED) is 0.514. The number of carbonyl (C=O) groups excluding carboxylic acids is 4. The highest BCUT2D eigenvalue weighted by atomic mass is 16.6. The average Bonchev–Trinajstić information content (AvgIpc) is 2.75. The van der Waals surface area contributed by atoms with Crippen LogP contribution in [0.15, 0.2) is 0 Å². The first-order valence-electron chi connectivity index (χ1n) is 12.7. The predicted octanol–water partition coefficient (Wildman–Crippen LogP) is 5.03. The van der Waals surface area contributed by atoms with E-state index in [1.165, 1.54) is 0 Å². The Morgan fingerprint density at radius 3 is 1.18 bits per heavy atom. The summed E-state index contributed by atoms with van der Waals surface area (Å²) in [4.78, 5) is 44.1. The van der Waals surface area contributed by atoms with Crippen LogP contribution in [0.2, 0.25) is 0 Å². The Morgan fingerprint density at radius 1 is 0.647 bits per heavy atom. The van der Waals surface area contributed by atoms with Gasteiger partial charge in [-0.3, -0.25) is 0 Å². The predicted molar refractivity (Wildman–Crippen MR) is 131 cm³/mol. The first-order valence-corrected chi connectivity index (χ1v) is 12.7. The SMILES string of the molecule is CC(C)(C)OC(=O)NCC1CCC(C=O)CC1.CC(C)(C)OC(=O)NCC1CCC(C=O)CC1. The van der Waals surface area contributed by atoms with Crippen LogP contribution in [0.1, 0.15) is 92.9 Å². The molecule has 2 aliphatic rings. The summed E-state index contributed by atoms with van der Waals surface area (Å²) in [6.45, 7) is 12.4. The number of carbonyl (C=O) groups is 4. The summed E-state index contributed by atoms with van der Waals surface area (Å²) in [6.07, 6.45) is 9.25. The van der Waals surface area contributed by atoms with Gasteiger partial charge in [-0.2, -0.15) is 0 Å². The molecule has 2 fully saturated rings. The van der Waals surface area contributed by atoms with Crippen molar-refractivity contribution in [3.63, 3.8) is 0 Å². The largest absolute Gasteiger partial charge is 0.444 e. The third kappa shape index (κ3) is 14.2. The summed E-state index contributed by atoms with van der Waals surface area (Å²) in [5.41, 5.74) is -0.890. The maximum atomic E-state index is 11.4. The number of amides is 2. The van der Waals surface area contributed by atoms with E-state index in [0.29, 0.717) is 24.9 Å². The second-order valence-electron chi connectivity index (χ2n) is 11.6. The minimum Gasteiger partial charge on any atom is -0.444 e. The van der Waals surface area contributed by atoms with E-state index in [1.54, 1.807) is 0 Å². The molecule has 34 heavy (non-hydrogen) atoms. The monoisotopic (exact) mass is 482 g/mol. The van der Waals surface area contributed by atoms with Gasteiger partial charge in [-0.05, 0) is 105 Å². The lowest BCUT2D eigenvalue weighted by Crippen LogP contribution is -2.36. The van der Waals surface area contributed by atoms with Gasteiger partial charge in [0.1, 0.15) is 23.8 Å². The summed E-state index contributed by atoms with van der Waals surface area (Å²) in [5, 5.41) is 5.58. The van der Waals surface area contributed by atoms with Crippen LogP contribution in [-0.4, -0.2) is 49.1 Å². The van der Waals surface area contributed by atoms with Crippen LogP contribution in [0.5, 0.6) is 0 Å². The lowest BCUT2D eigenvalue weighted by Gasteiger charge is -2.26. The molecule has 0 aromatic rings. The van der Waals surface area contributed by atoms with E-state index < -0.39 is 11.2 Å². The molecule has 0 aromatic carbocycles. The van der Waals surface area contributed by atoms with Crippen molar-refractivity contribution in [2.24, 2.45) is 23.7 Å². The molecule has 0 aliphatic heterocycles. The maximum Gasteiger partial charge on any atom is 0.407 e. The van der Waals surface area contributed by atoms with Gasteiger partial charge in [0.25, 0.3) is 0 Å². The van der Waals surface area contributed by atoms with Crippen LogP contribution in [0.25, 0.3) is 0 Å². The van der Waals surface area contributed by atoms with Crippen molar-refractivity contribution in [2.45, 2.75) is 104 Å². The lowest BCUT2D eigenvalue weighted by molar-refractivity contribution is -0.112. The fourth-order valence-corrected chi connectivity index (χ4v) is 4.14. The number of rotatable bonds is 6. The lowest BCUT2D eigenvalue weighted by atomic mass is 9.83. The summed E-state index contributed by atoms with van der Waals surface area (Å²) < 4.78 is 10.3. The molecule has 2 rings (SSSR count). The number of nitrogens with one attached hydrogen (secondary N) is 2. The molecular weight excluding hydrogens is 436 g/mol. The summed E-state index contributed by atoms with van der Waals surface area (Å²) >= 11 is 0. The Hall–Kier alpha value is -2.12. The molecule has 2 N–H and O–H groups in total. The van der Waals surface area contributed by atoms with Gasteiger partial charge in [-0.15, -0.1) is 0 Å². The Kier molecular flexibility index (Phi) is 12.6. The van der Waals surface area contributed by atoms with Crippen molar-refractivity contribution < 1.29 is 28.7 Å². The fourth-order valence-electron chi connectivity index (χ4n) is 4.14. The number of ether oxygens (including phenoxy) is 2. The molecule has 0 atom stereocenters. The smallest absolute Gasteiger partial charge is 0.407 e. The number of alkyl carbamates (subject to hydrolysis) is 2. The topological polar surface area (TPSA) is 111 Å². The van der Waals surface area contributed by atoms with Crippen LogP contribution in [-0.2, 0) is 19.1 Å². The zero-order valence-corrected chi connectivity index (χ0v) is 22.0. The Labute approximate surface area is 205 Å². The maximum absolute atomic E-state index is 11.4. The second kappa shape index (κ2) is 14.3. The van der Waals surface area contributed by atoms with E-state index in [1.807, 2.05) is 41.5 Å². The van der Waals surface area contributed by atoms with Crippen LogP contribution in [0.4, 0.5) is 9.59 Å². The first kappa shape index (κ1) is 29.9. The van der Waals surface area contributed by atoms with E-state index in [-0.39, 0.29) is 24.0 Å². The summed E-state index contributed by atoms with van der Waals surface area (Å²) in [6, 6.07) is 0. The zero-order valence-electron chi connectivity index (χ0n) is 22.0. The summed E-state index contributed by atoms with van der Waals surface area (Å²) in [7, 11) is 0. The number of aldehydes is 2. The van der Waals surface area contributed by atoms with Crippen molar-refractivity contribution >= 4 is 24.8 Å². The molecule has 0 saturated heterocycles. The zero-order chi connectivity index (χ0) is 25.8. The molecule has 0 bridgehead atoms. The molecule has 2 amide bonds. The molecule has 0 heterocycles. The number of hydrogen-bond donors (Lipinski definition) is 2. The van der Waals surface area contributed by atoms with Crippen LogP contribution in [0.3, 0.4) is 0 Å². The van der Waals surface area contributed by atoms with Gasteiger partial charge in [-0.1, -0.05) is 0 Å². The van der Waals surface area contributed by atoms with Crippen LogP contribution >= 0.6 is 0 Å². The van der Waals surface area contributed by atoms with Crippen LogP contribution in [0, 0.1) is 23.7 Å². The Balaban J connectivity index is 0.000000340. The average molecular weight is 483 g/mol. The van der Waals surface area contributed by atoms with Crippen molar-refractivity contribution in [1.29, 1.82) is 0 Å². The standard InChI is InChI=1S/2C13H23NO3/c2*1-13(2,3)17-12(16)14-8-10-4-6-11(9-15)7-5-10/h2*9-11H,4-8H2,1-3H3,(H,14,16). The minimum absolute atomic E-state index is 0.229.